The second-order valence-corrected chi connectivity index (χ2v) is 5.09. The van der Waals surface area contributed by atoms with Crippen molar-refractivity contribution in [1.29, 1.82) is 0 Å². The van der Waals surface area contributed by atoms with Gasteiger partial charge in [-0.25, -0.2) is 0 Å². The van der Waals surface area contributed by atoms with Gasteiger partial charge >= 0.3 is 12.1 Å². The van der Waals surface area contributed by atoms with Crippen molar-refractivity contribution in [3.8, 4) is 11.4 Å². The Balaban J connectivity index is 1.98. The molecule has 1 aromatic heterocycles. The van der Waals surface area contributed by atoms with Gasteiger partial charge in [0.2, 0.25) is 5.82 Å². The van der Waals surface area contributed by atoms with E-state index >= 15 is 0 Å². The minimum Gasteiger partial charge on any atom is -0.392 e. The lowest BCUT2D eigenvalue weighted by Crippen LogP contribution is -2.28. The molecular weight excluding hydrogens is 353 g/mol. The number of rotatable bonds is 7. The monoisotopic (exact) mass is 368 g/mol. The Kier molecular flexibility index (Phi) is 6.10. The van der Waals surface area contributed by atoms with Gasteiger partial charge in [0.1, 0.15) is 6.61 Å². The van der Waals surface area contributed by atoms with E-state index in [1.807, 2.05) is 0 Å². The fourth-order valence-electron chi connectivity index (χ4n) is 1.77. The van der Waals surface area contributed by atoms with Crippen molar-refractivity contribution in [1.82, 2.24) is 15.5 Å². The lowest BCUT2D eigenvalue weighted by molar-refractivity contribution is -0.159. The van der Waals surface area contributed by atoms with Crippen molar-refractivity contribution in [3.63, 3.8) is 0 Å². The van der Waals surface area contributed by atoms with E-state index in [-0.39, 0.29) is 30.4 Å². The summed E-state index contributed by atoms with van der Waals surface area (Å²) in [6, 6.07) is 5.73. The predicted octanol–water partition coefficient (Wildman–Crippen LogP) is 3.06. The molecular formula is C16H15F3N4O3. The standard InChI is InChI=1S/C16H15F3N4O3/c1-3-8-25-22-10(2)9-20-14(24)12-6-4-11(5-7-12)13-21-15(26-23-13)16(17,18)19/h3-7H,1,8-9H2,2H3,(H,20,24)/b22-10-. The maximum absolute atomic E-state index is 12.5. The van der Waals surface area contributed by atoms with Crippen molar-refractivity contribution in [2.24, 2.45) is 5.16 Å². The van der Waals surface area contributed by atoms with Crippen LogP contribution in [0.5, 0.6) is 0 Å². The van der Waals surface area contributed by atoms with Crippen molar-refractivity contribution < 1.29 is 27.3 Å². The highest BCUT2D eigenvalue weighted by molar-refractivity contribution is 5.97. The Morgan fingerprint density at radius 2 is 2.08 bits per heavy atom. The van der Waals surface area contributed by atoms with Gasteiger partial charge in [0, 0.05) is 11.1 Å². The number of carbonyl (C=O) groups is 1. The summed E-state index contributed by atoms with van der Waals surface area (Å²) in [6.07, 6.45) is -3.17. The van der Waals surface area contributed by atoms with Gasteiger partial charge in [-0.1, -0.05) is 35.1 Å². The quantitative estimate of drug-likeness (QED) is 0.351. The van der Waals surface area contributed by atoms with E-state index in [0.717, 1.165) is 0 Å². The molecule has 138 valence electrons. The Labute approximate surface area is 146 Å². The summed E-state index contributed by atoms with van der Waals surface area (Å²) in [7, 11) is 0. The Hall–Kier alpha value is -3.17. The van der Waals surface area contributed by atoms with Crippen LogP contribution >= 0.6 is 0 Å². The van der Waals surface area contributed by atoms with Crippen molar-refractivity contribution in [2.45, 2.75) is 13.1 Å². The molecule has 0 aliphatic heterocycles. The number of amides is 1. The molecule has 0 atom stereocenters. The van der Waals surface area contributed by atoms with E-state index < -0.39 is 12.1 Å². The molecule has 0 spiro atoms. The molecule has 1 amide bonds. The van der Waals surface area contributed by atoms with Gasteiger partial charge in [-0.3, -0.25) is 4.79 Å². The highest BCUT2D eigenvalue weighted by atomic mass is 19.4. The molecule has 26 heavy (non-hydrogen) atoms. The summed E-state index contributed by atoms with van der Waals surface area (Å²) < 4.78 is 41.6. The molecule has 0 bridgehead atoms. The van der Waals surface area contributed by atoms with E-state index in [9.17, 15) is 18.0 Å². The van der Waals surface area contributed by atoms with Crippen molar-refractivity contribution in [2.75, 3.05) is 13.2 Å². The van der Waals surface area contributed by atoms with Crippen LogP contribution < -0.4 is 5.32 Å². The summed E-state index contributed by atoms with van der Waals surface area (Å²) in [5.74, 6) is -2.02. The summed E-state index contributed by atoms with van der Waals surface area (Å²) in [4.78, 5) is 20.2. The van der Waals surface area contributed by atoms with Crippen LogP contribution in [0.3, 0.4) is 0 Å². The van der Waals surface area contributed by atoms with E-state index in [4.69, 9.17) is 4.84 Å². The van der Waals surface area contributed by atoms with Crippen molar-refractivity contribution in [3.05, 3.63) is 48.4 Å². The first kappa shape index (κ1) is 19.2. The molecule has 0 saturated carbocycles. The molecule has 7 nitrogen and oxygen atoms in total. The van der Waals surface area contributed by atoms with Crippen LogP contribution in [-0.2, 0) is 11.0 Å². The number of nitrogens with zero attached hydrogens (tertiary/aromatic N) is 3. The highest BCUT2D eigenvalue weighted by Gasteiger charge is 2.38. The molecule has 1 N–H and O–H groups in total. The first-order valence-electron chi connectivity index (χ1n) is 7.37. The Morgan fingerprint density at radius 3 is 2.65 bits per heavy atom. The fourth-order valence-corrected chi connectivity index (χ4v) is 1.77. The second kappa shape index (κ2) is 8.28. The fraction of sp³-hybridized carbons (Fsp3) is 0.250. The molecule has 0 aliphatic rings. The maximum atomic E-state index is 12.5. The molecule has 0 aliphatic carbocycles. The lowest BCUT2D eigenvalue weighted by atomic mass is 10.1. The molecule has 2 rings (SSSR count). The second-order valence-electron chi connectivity index (χ2n) is 5.09. The summed E-state index contributed by atoms with van der Waals surface area (Å²) in [6.45, 7) is 5.60. The van der Waals surface area contributed by atoms with Gasteiger partial charge in [-0.05, 0) is 19.1 Å². The molecule has 0 fully saturated rings. The van der Waals surface area contributed by atoms with E-state index in [1.165, 1.54) is 30.3 Å². The number of carbonyl (C=O) groups excluding carboxylic acids is 1. The highest BCUT2D eigenvalue weighted by Crippen LogP contribution is 2.29. The summed E-state index contributed by atoms with van der Waals surface area (Å²) in [5.41, 5.74) is 1.16. The van der Waals surface area contributed by atoms with Crippen LogP contribution in [0.2, 0.25) is 0 Å². The molecule has 0 unspecified atom stereocenters. The molecule has 1 heterocycles. The molecule has 0 radical (unpaired) electrons. The zero-order valence-corrected chi connectivity index (χ0v) is 13.7. The summed E-state index contributed by atoms with van der Waals surface area (Å²) in [5, 5.41) is 9.68. The normalized spacial score (nSPS) is 11.9. The first-order chi connectivity index (χ1) is 12.3. The number of aromatic nitrogens is 2. The number of hydrogen-bond acceptors (Lipinski definition) is 6. The SMILES string of the molecule is C=CCO/N=C(/C)CNC(=O)c1ccc(-c2noc(C(F)(F)F)n2)cc1. The van der Waals surface area contributed by atoms with Gasteiger partial charge in [-0.15, -0.1) is 0 Å². The molecule has 0 saturated heterocycles. The zero-order valence-electron chi connectivity index (χ0n) is 13.7. The minimum absolute atomic E-state index is 0.178. The van der Waals surface area contributed by atoms with Gasteiger partial charge < -0.3 is 14.7 Å². The van der Waals surface area contributed by atoms with Crippen LogP contribution in [0.15, 0.2) is 46.6 Å². The Bertz CT molecular complexity index is 798. The average molecular weight is 368 g/mol. The van der Waals surface area contributed by atoms with E-state index in [1.54, 1.807) is 6.92 Å². The van der Waals surface area contributed by atoms with Crippen LogP contribution in [0.25, 0.3) is 11.4 Å². The average Bonchev–Trinajstić information content (AvgIpc) is 3.10. The molecule has 2 aromatic rings. The smallest absolute Gasteiger partial charge is 0.392 e. The lowest BCUT2D eigenvalue weighted by Gasteiger charge is -2.05. The number of hydrogen-bond donors (Lipinski definition) is 1. The third-order valence-electron chi connectivity index (χ3n) is 2.99. The van der Waals surface area contributed by atoms with Crippen LogP contribution in [0.4, 0.5) is 13.2 Å². The van der Waals surface area contributed by atoms with Crippen LogP contribution in [-0.4, -0.2) is 34.9 Å². The van der Waals surface area contributed by atoms with E-state index in [0.29, 0.717) is 11.3 Å². The van der Waals surface area contributed by atoms with Crippen LogP contribution in [0, 0.1) is 0 Å². The van der Waals surface area contributed by atoms with Gasteiger partial charge in [0.25, 0.3) is 5.91 Å². The van der Waals surface area contributed by atoms with Crippen molar-refractivity contribution >= 4 is 11.6 Å². The van der Waals surface area contributed by atoms with Gasteiger partial charge in [0.05, 0.1) is 12.3 Å². The summed E-state index contributed by atoms with van der Waals surface area (Å²) >= 11 is 0. The molecule has 1 aromatic carbocycles. The predicted molar refractivity (Wildman–Crippen MR) is 86.3 cm³/mol. The number of halogens is 3. The maximum Gasteiger partial charge on any atom is 0.471 e. The Morgan fingerprint density at radius 1 is 1.38 bits per heavy atom. The minimum atomic E-state index is -4.71. The van der Waals surface area contributed by atoms with Gasteiger partial charge in [-0.2, -0.15) is 18.2 Å². The van der Waals surface area contributed by atoms with Gasteiger partial charge in [0.15, 0.2) is 0 Å². The number of alkyl halides is 3. The zero-order chi connectivity index (χ0) is 19.2. The first-order valence-corrected chi connectivity index (χ1v) is 7.37. The number of benzene rings is 1. The third kappa shape index (κ3) is 5.16. The number of oxime groups is 1. The van der Waals surface area contributed by atoms with Crippen LogP contribution in [0.1, 0.15) is 23.2 Å². The third-order valence-corrected chi connectivity index (χ3v) is 2.99. The van der Waals surface area contributed by atoms with E-state index in [2.05, 4.69) is 31.7 Å². The molecule has 10 heteroatoms. The largest absolute Gasteiger partial charge is 0.471 e. The number of nitrogens with one attached hydrogen (secondary N) is 1. The topological polar surface area (TPSA) is 89.6 Å².